The molecule has 0 saturated carbocycles. The molecule has 0 radical (unpaired) electrons. The van der Waals surface area contributed by atoms with Crippen LogP contribution in [-0.4, -0.2) is 23.5 Å². The quantitative estimate of drug-likeness (QED) is 0.409. The van der Waals surface area contributed by atoms with E-state index in [0.29, 0.717) is 12.3 Å². The van der Waals surface area contributed by atoms with E-state index in [9.17, 15) is 4.79 Å². The van der Waals surface area contributed by atoms with Gasteiger partial charge in [-0.25, -0.2) is 0 Å². The van der Waals surface area contributed by atoms with Gasteiger partial charge in [0.25, 0.3) is 0 Å². The molecular weight excluding hydrogens is 190 g/mol. The Labute approximate surface area is 71.5 Å². The number of ketones is 1. The second kappa shape index (κ2) is 5.41. The minimum absolute atomic E-state index is 0.353. The summed E-state index contributed by atoms with van der Waals surface area (Å²) in [5, 5.41) is 2.98. The molecule has 7 heteroatoms. The van der Waals surface area contributed by atoms with E-state index in [1.54, 1.807) is 0 Å². The van der Waals surface area contributed by atoms with E-state index >= 15 is 0 Å². The summed E-state index contributed by atoms with van der Waals surface area (Å²) in [6.07, 6.45) is 1.81. The van der Waals surface area contributed by atoms with Crippen LogP contribution in [0.25, 0.3) is 0 Å². The van der Waals surface area contributed by atoms with Crippen molar-refractivity contribution >= 4 is 5.78 Å². The molecule has 1 fully saturated rings. The Bertz CT molecular complexity index is 131. The lowest BCUT2D eigenvalue weighted by molar-refractivity contribution is -1.92. The fourth-order valence-corrected chi connectivity index (χ4v) is 0.727. The van der Waals surface area contributed by atoms with Crippen LogP contribution in [0.4, 0.5) is 0 Å². The molecule has 0 spiro atoms. The second-order valence-electron chi connectivity index (χ2n) is 2.22. The van der Waals surface area contributed by atoms with Gasteiger partial charge in [0.1, 0.15) is 5.78 Å². The van der Waals surface area contributed by atoms with Gasteiger partial charge in [-0.1, -0.05) is 0 Å². The number of nitrogens with one attached hydrogen (secondary N) is 1. The molecule has 0 aromatic rings. The van der Waals surface area contributed by atoms with Gasteiger partial charge in [-0.3, -0.25) is 4.79 Å². The average molecular weight is 200 g/mol. The standard InChI is InChI=1S/C5H9NO.ClHO4/c7-5-2-1-3-6-4-5;2-1(3,4)5/h6H,1-4H2;(H,2,3,4,5). The van der Waals surface area contributed by atoms with Crippen molar-refractivity contribution < 1.29 is 33.7 Å². The van der Waals surface area contributed by atoms with Crippen LogP contribution in [0.1, 0.15) is 12.8 Å². The Balaban J connectivity index is 0.000000217. The summed E-state index contributed by atoms with van der Waals surface area (Å²) in [5.41, 5.74) is 0. The third kappa shape index (κ3) is 12.4. The molecule has 1 saturated heterocycles. The predicted octanol–water partition coefficient (Wildman–Crippen LogP) is -4.19. The van der Waals surface area contributed by atoms with Crippen molar-refractivity contribution in [2.24, 2.45) is 0 Å². The van der Waals surface area contributed by atoms with Crippen LogP contribution < -0.4 is 19.3 Å². The third-order valence-electron chi connectivity index (χ3n) is 1.13. The highest BCUT2D eigenvalue weighted by Crippen LogP contribution is 1.92. The molecule has 0 amide bonds. The summed E-state index contributed by atoms with van der Waals surface area (Å²) in [6, 6.07) is 0. The fourth-order valence-electron chi connectivity index (χ4n) is 0.727. The van der Waals surface area contributed by atoms with Crippen molar-refractivity contribution in [2.45, 2.75) is 12.8 Å². The molecule has 6 nitrogen and oxygen atoms in total. The molecule has 2 N–H and O–H groups in total. The van der Waals surface area contributed by atoms with Gasteiger partial charge in [0.05, 0.1) is 21.4 Å². The summed E-state index contributed by atoms with van der Waals surface area (Å²) >= 11 is 0. The molecule has 0 unspecified atom stereocenters. The van der Waals surface area contributed by atoms with Crippen LogP contribution >= 0.6 is 0 Å². The lowest BCUT2D eigenvalue weighted by atomic mass is 10.1. The molecule has 1 aliphatic heterocycles. The maximum absolute atomic E-state index is 10.4. The highest BCUT2D eigenvalue weighted by atomic mass is 35.7. The van der Waals surface area contributed by atoms with Crippen molar-refractivity contribution in [1.29, 1.82) is 0 Å². The summed E-state index contributed by atoms with van der Waals surface area (Å²) in [4.78, 5) is 10.4. The number of hydrogen-bond donors (Lipinski definition) is 2. The van der Waals surface area contributed by atoms with Crippen molar-refractivity contribution in [2.75, 3.05) is 13.1 Å². The number of rotatable bonds is 0. The van der Waals surface area contributed by atoms with E-state index in [-0.39, 0.29) is 0 Å². The Kier molecular flexibility index (Phi) is 5.31. The summed E-state index contributed by atoms with van der Waals surface area (Å²) in [7, 11) is -4.69. The first-order chi connectivity index (χ1) is 5.39. The molecule has 0 atom stereocenters. The number of hydrogen-bond acceptors (Lipinski definition) is 6. The van der Waals surface area contributed by atoms with Gasteiger partial charge >= 0.3 is 0 Å². The van der Waals surface area contributed by atoms with E-state index in [2.05, 4.69) is 5.32 Å². The highest BCUT2D eigenvalue weighted by Gasteiger charge is 2.04. The smallest absolute Gasteiger partial charge is 0.146 e. The van der Waals surface area contributed by atoms with Crippen LogP contribution in [0.2, 0.25) is 0 Å². The SMILES string of the molecule is O=C1CCCNC1.[O-][Cl+3]([O-])([O-])O. The van der Waals surface area contributed by atoms with Gasteiger partial charge in [0.15, 0.2) is 0 Å². The maximum atomic E-state index is 10.4. The van der Waals surface area contributed by atoms with E-state index in [1.807, 2.05) is 0 Å². The van der Waals surface area contributed by atoms with Gasteiger partial charge in [0, 0.05) is 6.42 Å². The molecule has 1 aliphatic rings. The van der Waals surface area contributed by atoms with Crippen molar-refractivity contribution in [1.82, 2.24) is 5.32 Å². The van der Waals surface area contributed by atoms with Gasteiger partial charge < -0.3 is 5.32 Å². The molecule has 12 heavy (non-hydrogen) atoms. The van der Waals surface area contributed by atoms with Crippen molar-refractivity contribution in [3.63, 3.8) is 0 Å². The van der Waals surface area contributed by atoms with E-state index in [0.717, 1.165) is 19.4 Å². The van der Waals surface area contributed by atoms with Crippen LogP contribution in [0.15, 0.2) is 0 Å². The van der Waals surface area contributed by atoms with Gasteiger partial charge in [-0.15, -0.1) is 0 Å². The Hall–Kier alpha value is -0.240. The summed E-state index contributed by atoms with van der Waals surface area (Å²) < 4.78 is 32.7. The number of piperidine rings is 1. The summed E-state index contributed by atoms with van der Waals surface area (Å²) in [6.45, 7) is 1.62. The summed E-state index contributed by atoms with van der Waals surface area (Å²) in [5.74, 6) is 0.353. The Morgan fingerprint density at radius 3 is 2.08 bits per heavy atom. The van der Waals surface area contributed by atoms with Crippen LogP contribution in [0.5, 0.6) is 0 Å². The first-order valence-corrected chi connectivity index (χ1v) is 4.51. The zero-order valence-corrected chi connectivity index (χ0v) is 7.04. The monoisotopic (exact) mass is 199 g/mol. The molecule has 0 aromatic carbocycles. The molecular formula is C5H10ClNO5. The fraction of sp³-hybridized carbons (Fsp3) is 0.800. The number of halogens is 1. The minimum Gasteiger partial charge on any atom is -0.310 e. The largest absolute Gasteiger partial charge is 0.310 e. The van der Waals surface area contributed by atoms with Crippen molar-refractivity contribution in [3.8, 4) is 0 Å². The zero-order chi connectivity index (χ0) is 9.61. The van der Waals surface area contributed by atoms with Gasteiger partial charge in [-0.2, -0.15) is 14.0 Å². The highest BCUT2D eigenvalue weighted by molar-refractivity contribution is 5.80. The number of Topliss-reactive ketones (excluding diaryl/α,β-unsaturated/α-hetero) is 1. The molecule has 0 aromatic heterocycles. The second-order valence-corrected chi connectivity index (χ2v) is 3.01. The van der Waals surface area contributed by atoms with E-state index < -0.39 is 10.2 Å². The van der Waals surface area contributed by atoms with Gasteiger partial charge in [-0.05, 0) is 13.0 Å². The molecule has 1 heterocycles. The minimum atomic E-state index is -4.69. The predicted molar refractivity (Wildman–Crippen MR) is 29.3 cm³/mol. The molecule has 0 aliphatic carbocycles. The number of carbonyl (C=O) groups excluding carboxylic acids is 1. The topological polar surface area (TPSA) is 119 Å². The lowest BCUT2D eigenvalue weighted by Crippen LogP contribution is -2.58. The number of carbonyl (C=O) groups is 1. The van der Waals surface area contributed by atoms with Crippen molar-refractivity contribution in [3.05, 3.63) is 0 Å². The van der Waals surface area contributed by atoms with Crippen LogP contribution in [0, 0.1) is 10.2 Å². The Morgan fingerprint density at radius 2 is 1.92 bits per heavy atom. The average Bonchev–Trinajstić information content (AvgIpc) is 1.85. The van der Waals surface area contributed by atoms with Gasteiger partial charge in [0.2, 0.25) is 0 Å². The Morgan fingerprint density at radius 1 is 1.42 bits per heavy atom. The third-order valence-corrected chi connectivity index (χ3v) is 1.13. The first kappa shape index (κ1) is 11.8. The normalized spacial score (nSPS) is 18.2. The lowest BCUT2D eigenvalue weighted by Gasteiger charge is -2.08. The zero-order valence-electron chi connectivity index (χ0n) is 6.29. The first-order valence-electron chi connectivity index (χ1n) is 3.25. The van der Waals surface area contributed by atoms with E-state index in [1.165, 1.54) is 0 Å². The molecule has 72 valence electrons. The molecule has 0 bridgehead atoms. The molecule has 1 rings (SSSR count). The van der Waals surface area contributed by atoms with Crippen LogP contribution in [-0.2, 0) is 4.79 Å². The van der Waals surface area contributed by atoms with Crippen LogP contribution in [0.3, 0.4) is 0 Å². The van der Waals surface area contributed by atoms with E-state index in [4.69, 9.17) is 18.6 Å². The maximum Gasteiger partial charge on any atom is 0.146 e.